The summed E-state index contributed by atoms with van der Waals surface area (Å²) in [6.07, 6.45) is 0.661. The maximum atomic E-state index is 13.8. The minimum absolute atomic E-state index is 0.00125. The summed E-state index contributed by atoms with van der Waals surface area (Å²) in [7, 11) is 0. The van der Waals surface area contributed by atoms with Crippen molar-refractivity contribution in [2.45, 2.75) is 35.6 Å². The number of ketones is 1. The van der Waals surface area contributed by atoms with E-state index in [0.717, 1.165) is 28.2 Å². The van der Waals surface area contributed by atoms with Crippen molar-refractivity contribution < 1.29 is 23.8 Å². The van der Waals surface area contributed by atoms with Gasteiger partial charge in [-0.05, 0) is 66.1 Å². The van der Waals surface area contributed by atoms with Crippen molar-refractivity contribution in [2.75, 3.05) is 4.90 Å². The Morgan fingerprint density at radius 1 is 1.12 bits per heavy atom. The molecule has 2 aliphatic heterocycles. The topological polar surface area (TPSA) is 92.6 Å². The molecule has 0 aliphatic carbocycles. The summed E-state index contributed by atoms with van der Waals surface area (Å²) in [5.74, 6) is -1.17. The van der Waals surface area contributed by atoms with Gasteiger partial charge in [-0.15, -0.1) is 10.2 Å². The molecule has 0 saturated carbocycles. The molecule has 1 aromatic heterocycles. The number of aliphatic hydroxyl groups is 1. The van der Waals surface area contributed by atoms with E-state index in [1.54, 1.807) is 30.3 Å². The molecule has 4 aromatic rings. The second-order valence-corrected chi connectivity index (χ2v) is 12.1. The van der Waals surface area contributed by atoms with E-state index in [1.165, 1.54) is 40.9 Å². The number of ether oxygens (including phenoxy) is 1. The third-order valence-electron chi connectivity index (χ3n) is 6.68. The van der Waals surface area contributed by atoms with Crippen molar-refractivity contribution in [1.82, 2.24) is 10.2 Å². The lowest BCUT2D eigenvalue weighted by atomic mass is 9.94. The van der Waals surface area contributed by atoms with Gasteiger partial charge in [-0.3, -0.25) is 14.5 Å². The summed E-state index contributed by atoms with van der Waals surface area (Å²) >= 11 is 8.56. The number of fused-ring (bicyclic) bond motifs is 1. The number of thioether (sulfide) groups is 1. The Morgan fingerprint density at radius 2 is 1.88 bits per heavy atom. The van der Waals surface area contributed by atoms with Gasteiger partial charge >= 0.3 is 5.91 Å². The smallest absolute Gasteiger partial charge is 0.301 e. The van der Waals surface area contributed by atoms with Crippen molar-refractivity contribution in [2.24, 2.45) is 0 Å². The van der Waals surface area contributed by atoms with Gasteiger partial charge in [-0.2, -0.15) is 0 Å². The molecule has 7 nitrogen and oxygen atoms in total. The van der Waals surface area contributed by atoms with Gasteiger partial charge < -0.3 is 9.84 Å². The van der Waals surface area contributed by atoms with Crippen LogP contribution in [0.2, 0.25) is 5.02 Å². The highest BCUT2D eigenvalue weighted by atomic mass is 35.5. The number of anilines is 1. The average Bonchev–Trinajstić information content (AvgIpc) is 3.63. The first-order valence-corrected chi connectivity index (χ1v) is 14.5. The number of halogens is 2. The van der Waals surface area contributed by atoms with Gasteiger partial charge in [-0.1, -0.05) is 59.0 Å². The van der Waals surface area contributed by atoms with Crippen LogP contribution >= 0.6 is 34.7 Å². The number of Topliss-reactive ketones (excluding diaryl/α,β-unsaturated/α-hetero) is 1. The molecule has 3 heterocycles. The summed E-state index contributed by atoms with van der Waals surface area (Å²) in [5, 5.41) is 20.7. The highest BCUT2D eigenvalue weighted by Gasteiger charge is 2.48. The molecule has 40 heavy (non-hydrogen) atoms. The predicted molar refractivity (Wildman–Crippen MR) is 152 cm³/mol. The monoisotopic (exact) mass is 593 g/mol. The van der Waals surface area contributed by atoms with Crippen LogP contribution in [0.3, 0.4) is 0 Å². The van der Waals surface area contributed by atoms with Crippen LogP contribution in [0.4, 0.5) is 9.52 Å². The minimum atomic E-state index is -1.02. The maximum Gasteiger partial charge on any atom is 0.301 e. The lowest BCUT2D eigenvalue weighted by molar-refractivity contribution is -0.132. The van der Waals surface area contributed by atoms with Crippen LogP contribution in [0.1, 0.15) is 35.2 Å². The molecular weight excluding hydrogens is 573 g/mol. The van der Waals surface area contributed by atoms with Gasteiger partial charge in [0.2, 0.25) is 5.13 Å². The van der Waals surface area contributed by atoms with E-state index < -0.39 is 23.5 Å². The Hall–Kier alpha value is -3.73. The molecule has 1 amide bonds. The molecule has 6 rings (SSSR count). The van der Waals surface area contributed by atoms with E-state index in [0.29, 0.717) is 32.7 Å². The lowest BCUT2D eigenvalue weighted by Crippen LogP contribution is -2.29. The summed E-state index contributed by atoms with van der Waals surface area (Å²) in [6, 6.07) is 17.0. The number of aliphatic hydroxyl groups excluding tert-OH is 1. The first-order chi connectivity index (χ1) is 19.3. The van der Waals surface area contributed by atoms with Crippen LogP contribution in [-0.2, 0) is 21.8 Å². The van der Waals surface area contributed by atoms with Gasteiger partial charge in [0.25, 0.3) is 5.78 Å². The van der Waals surface area contributed by atoms with Crippen LogP contribution in [-0.4, -0.2) is 33.1 Å². The molecule has 1 N–H and O–H groups in total. The molecule has 0 radical (unpaired) electrons. The van der Waals surface area contributed by atoms with E-state index in [9.17, 15) is 19.1 Å². The van der Waals surface area contributed by atoms with Crippen LogP contribution in [0, 0.1) is 5.82 Å². The maximum absolute atomic E-state index is 13.8. The molecule has 2 unspecified atom stereocenters. The molecule has 1 fully saturated rings. The molecular formula is C29H21ClFN3O4S2. The van der Waals surface area contributed by atoms with Crippen molar-refractivity contribution in [3.63, 3.8) is 0 Å². The van der Waals surface area contributed by atoms with Crippen molar-refractivity contribution in [1.29, 1.82) is 0 Å². The van der Waals surface area contributed by atoms with Gasteiger partial charge in [0.1, 0.15) is 23.4 Å². The van der Waals surface area contributed by atoms with Gasteiger partial charge in [0.05, 0.1) is 11.6 Å². The van der Waals surface area contributed by atoms with E-state index in [1.807, 2.05) is 19.1 Å². The fraction of sp³-hybridized carbons (Fsp3) is 0.172. The molecule has 2 aliphatic rings. The summed E-state index contributed by atoms with van der Waals surface area (Å²) < 4.78 is 20.2. The number of carbonyl (C=O) groups is 2. The molecule has 2 atom stereocenters. The molecule has 202 valence electrons. The Kier molecular flexibility index (Phi) is 7.07. The standard InChI is InChI=1S/C29H21ClFN3O4S2/c1-15-12-19-13-18(6-11-22(19)38-15)25(35)23-24(17-4-9-21(31)10-5-17)34(27(37)26(23)36)28-32-33-29(40-28)39-14-16-2-7-20(30)8-3-16/h2-11,13,15,24,35H,12,14H2,1H3/b25-23+. The van der Waals surface area contributed by atoms with Crippen molar-refractivity contribution >= 4 is 57.3 Å². The zero-order valence-electron chi connectivity index (χ0n) is 21.0. The third kappa shape index (κ3) is 4.98. The van der Waals surface area contributed by atoms with Gasteiger partial charge in [-0.25, -0.2) is 4.39 Å². The van der Waals surface area contributed by atoms with Gasteiger partial charge in [0.15, 0.2) is 4.34 Å². The second kappa shape index (κ2) is 10.7. The minimum Gasteiger partial charge on any atom is -0.507 e. The van der Waals surface area contributed by atoms with Crippen LogP contribution in [0.15, 0.2) is 76.6 Å². The Balaban J connectivity index is 1.38. The van der Waals surface area contributed by atoms with E-state index in [4.69, 9.17) is 16.3 Å². The number of amides is 1. The number of nitrogens with zero attached hydrogens (tertiary/aromatic N) is 3. The SMILES string of the molecule is CC1Cc2cc(/C(O)=C3\C(=O)C(=O)N(c4nnc(SCc5ccc(Cl)cc5)s4)C3c3ccc(F)cc3)ccc2O1. The van der Waals surface area contributed by atoms with E-state index >= 15 is 0 Å². The number of hydrogen-bond donors (Lipinski definition) is 1. The highest BCUT2D eigenvalue weighted by molar-refractivity contribution is 8.00. The Morgan fingerprint density at radius 3 is 2.62 bits per heavy atom. The molecule has 3 aromatic carbocycles. The van der Waals surface area contributed by atoms with Crippen LogP contribution < -0.4 is 9.64 Å². The first kappa shape index (κ1) is 26.5. The summed E-state index contributed by atoms with van der Waals surface area (Å²) in [6.45, 7) is 1.95. The second-order valence-electron chi connectivity index (χ2n) is 9.44. The highest BCUT2D eigenvalue weighted by Crippen LogP contribution is 2.44. The largest absolute Gasteiger partial charge is 0.507 e. The van der Waals surface area contributed by atoms with E-state index in [-0.39, 0.29) is 22.6 Å². The fourth-order valence-electron chi connectivity index (χ4n) is 4.80. The summed E-state index contributed by atoms with van der Waals surface area (Å²) in [4.78, 5) is 28.1. The Labute approximate surface area is 242 Å². The molecule has 0 bridgehead atoms. The zero-order valence-corrected chi connectivity index (χ0v) is 23.4. The van der Waals surface area contributed by atoms with E-state index in [2.05, 4.69) is 10.2 Å². The number of benzene rings is 3. The number of rotatable bonds is 6. The quantitative estimate of drug-likeness (QED) is 0.0888. The lowest BCUT2D eigenvalue weighted by Gasteiger charge is -2.22. The van der Waals surface area contributed by atoms with Gasteiger partial charge in [0, 0.05) is 22.8 Å². The zero-order chi connectivity index (χ0) is 28.0. The summed E-state index contributed by atoms with van der Waals surface area (Å²) in [5.41, 5.74) is 2.67. The number of carbonyl (C=O) groups excluding carboxylic acids is 2. The average molecular weight is 594 g/mol. The molecule has 1 saturated heterocycles. The number of hydrogen-bond acceptors (Lipinski definition) is 8. The molecule has 11 heteroatoms. The van der Waals surface area contributed by atoms with Crippen LogP contribution in [0.25, 0.3) is 5.76 Å². The predicted octanol–water partition coefficient (Wildman–Crippen LogP) is 6.57. The van der Waals surface area contributed by atoms with Crippen LogP contribution in [0.5, 0.6) is 5.75 Å². The normalized spacial score (nSPS) is 19.6. The first-order valence-electron chi connectivity index (χ1n) is 12.4. The van der Waals surface area contributed by atoms with Crippen molar-refractivity contribution in [3.05, 3.63) is 105 Å². The number of aromatic nitrogens is 2. The third-order valence-corrected chi connectivity index (χ3v) is 9.06. The fourth-order valence-corrected chi connectivity index (χ4v) is 6.75. The van der Waals surface area contributed by atoms with Crippen molar-refractivity contribution in [3.8, 4) is 5.75 Å². The molecule has 0 spiro atoms. The Bertz CT molecular complexity index is 1660.